The summed E-state index contributed by atoms with van der Waals surface area (Å²) in [5, 5.41) is 15.7. The molecule has 3 saturated heterocycles. The van der Waals surface area contributed by atoms with Gasteiger partial charge in [-0.1, -0.05) is 23.7 Å². The fourth-order valence-corrected chi connectivity index (χ4v) is 7.22. The molecule has 3 atom stereocenters. The predicted octanol–water partition coefficient (Wildman–Crippen LogP) is 5.89. The maximum atomic E-state index is 16.6. The number of piperazine rings is 1. The molecule has 3 aromatic carbocycles. The first kappa shape index (κ1) is 26.6. The normalized spacial score (nSPS) is 24.6. The van der Waals surface area contributed by atoms with Crippen molar-refractivity contribution < 1.29 is 18.6 Å². The summed E-state index contributed by atoms with van der Waals surface area (Å²) in [6.07, 6.45) is 4.15. The Kier molecular flexibility index (Phi) is 6.44. The van der Waals surface area contributed by atoms with Crippen molar-refractivity contribution in [2.24, 2.45) is 0 Å². The highest BCUT2D eigenvalue weighted by Gasteiger charge is 2.42. The molecule has 7 nitrogen and oxygen atoms in total. The van der Waals surface area contributed by atoms with Crippen molar-refractivity contribution in [2.45, 2.75) is 50.2 Å². The van der Waals surface area contributed by atoms with E-state index in [0.717, 1.165) is 32.2 Å². The molecule has 0 spiro atoms. The van der Waals surface area contributed by atoms with Crippen LogP contribution in [0.5, 0.6) is 11.8 Å². The highest BCUT2D eigenvalue weighted by Crippen LogP contribution is 2.43. The predicted molar refractivity (Wildman–Crippen MR) is 157 cm³/mol. The first-order valence-electron chi connectivity index (χ1n) is 14.2. The van der Waals surface area contributed by atoms with Crippen LogP contribution in [0.25, 0.3) is 32.8 Å². The molecule has 0 saturated carbocycles. The molecule has 10 heteroatoms. The van der Waals surface area contributed by atoms with E-state index in [4.69, 9.17) is 21.3 Å². The van der Waals surface area contributed by atoms with Gasteiger partial charge in [0.05, 0.1) is 5.56 Å². The van der Waals surface area contributed by atoms with E-state index in [1.54, 1.807) is 18.2 Å². The number of phenolic OH excluding ortho intramolecular Hbond substituents is 1. The lowest BCUT2D eigenvalue weighted by molar-refractivity contribution is 0.188. The van der Waals surface area contributed by atoms with Crippen LogP contribution in [-0.2, 0) is 0 Å². The van der Waals surface area contributed by atoms with Crippen molar-refractivity contribution in [3.8, 4) is 22.9 Å². The second-order valence-electron chi connectivity index (χ2n) is 12.0. The molecule has 2 bridgehead atoms. The van der Waals surface area contributed by atoms with Gasteiger partial charge in [-0.05, 0) is 75.9 Å². The van der Waals surface area contributed by atoms with Crippen molar-refractivity contribution in [1.82, 2.24) is 20.2 Å². The number of fused-ring (bicyclic) bond motifs is 4. The third-order valence-corrected chi connectivity index (χ3v) is 9.29. The number of hydrogen-bond donors (Lipinski definition) is 2. The van der Waals surface area contributed by atoms with Gasteiger partial charge in [-0.25, -0.2) is 8.78 Å². The number of halogens is 3. The summed E-state index contributed by atoms with van der Waals surface area (Å²) in [4.78, 5) is 13.6. The second kappa shape index (κ2) is 9.93. The van der Waals surface area contributed by atoms with Crippen LogP contribution >= 0.6 is 11.6 Å². The monoisotopic (exact) mass is 579 g/mol. The second-order valence-corrected chi connectivity index (χ2v) is 12.4. The summed E-state index contributed by atoms with van der Waals surface area (Å²) in [6, 6.07) is 9.85. The molecule has 1 aromatic heterocycles. The Hall–Kier alpha value is -3.27. The number of anilines is 1. The number of aromatic nitrogens is 2. The van der Waals surface area contributed by atoms with Crippen LogP contribution in [-0.4, -0.2) is 70.9 Å². The molecule has 4 heterocycles. The van der Waals surface area contributed by atoms with Crippen LogP contribution in [0.4, 0.5) is 14.6 Å². The molecule has 0 amide bonds. The molecule has 0 aliphatic carbocycles. The number of ether oxygens (including phenoxy) is 1. The first-order chi connectivity index (χ1) is 19.7. The van der Waals surface area contributed by atoms with Crippen LogP contribution in [0.15, 0.2) is 36.4 Å². The number of nitrogens with one attached hydrogen (secondary N) is 1. The van der Waals surface area contributed by atoms with E-state index in [9.17, 15) is 5.11 Å². The molecular formula is C31H32ClF2N5O2. The molecule has 0 unspecified atom stereocenters. The molecule has 41 heavy (non-hydrogen) atoms. The number of phenols is 1. The molecule has 3 aliphatic heterocycles. The average Bonchev–Trinajstić information content (AvgIpc) is 3.46. The summed E-state index contributed by atoms with van der Waals surface area (Å²) < 4.78 is 38.8. The minimum atomic E-state index is -0.845. The van der Waals surface area contributed by atoms with E-state index in [-0.39, 0.29) is 51.4 Å². The van der Waals surface area contributed by atoms with Crippen LogP contribution in [0.1, 0.15) is 32.6 Å². The van der Waals surface area contributed by atoms with E-state index in [1.807, 2.05) is 0 Å². The lowest BCUT2D eigenvalue weighted by atomic mass is 9.95. The molecular weight excluding hydrogens is 548 g/mol. The van der Waals surface area contributed by atoms with Crippen molar-refractivity contribution in [1.29, 1.82) is 0 Å². The summed E-state index contributed by atoms with van der Waals surface area (Å²) in [6.45, 7) is 4.87. The maximum Gasteiger partial charge on any atom is 0.319 e. The Morgan fingerprint density at radius 1 is 1.20 bits per heavy atom. The topological polar surface area (TPSA) is 73.8 Å². The fourth-order valence-electron chi connectivity index (χ4n) is 6.94. The van der Waals surface area contributed by atoms with Gasteiger partial charge < -0.3 is 25.0 Å². The number of aromatic hydroxyl groups is 1. The molecule has 3 fully saturated rings. The molecule has 2 N–H and O–H groups in total. The summed E-state index contributed by atoms with van der Waals surface area (Å²) in [7, 11) is 2.06. The van der Waals surface area contributed by atoms with Crippen molar-refractivity contribution >= 4 is 39.1 Å². The van der Waals surface area contributed by atoms with E-state index < -0.39 is 11.6 Å². The number of benzene rings is 3. The number of likely N-dealkylation sites (tertiary alicyclic amines) is 1. The largest absolute Gasteiger partial charge is 0.508 e. The number of nitrogens with zero attached hydrogens (tertiary/aromatic N) is 4. The summed E-state index contributed by atoms with van der Waals surface area (Å²) in [5.41, 5.74) is -0.279. The van der Waals surface area contributed by atoms with Gasteiger partial charge >= 0.3 is 6.01 Å². The van der Waals surface area contributed by atoms with Gasteiger partial charge in [0.15, 0.2) is 5.82 Å². The van der Waals surface area contributed by atoms with Crippen LogP contribution < -0.4 is 15.0 Å². The molecule has 214 valence electrons. The van der Waals surface area contributed by atoms with E-state index in [2.05, 4.69) is 34.1 Å². The number of hydrogen-bond acceptors (Lipinski definition) is 7. The van der Waals surface area contributed by atoms with Gasteiger partial charge in [0.2, 0.25) is 0 Å². The fraction of sp³-hybridized carbons (Fsp3) is 0.419. The lowest BCUT2D eigenvalue weighted by Gasteiger charge is -2.40. The first-order valence-corrected chi connectivity index (χ1v) is 14.5. The quantitative estimate of drug-likeness (QED) is 0.305. The zero-order chi connectivity index (χ0) is 28.5. The highest BCUT2D eigenvalue weighted by atomic mass is 35.5. The minimum Gasteiger partial charge on any atom is -0.508 e. The van der Waals surface area contributed by atoms with Crippen LogP contribution in [0.2, 0.25) is 5.02 Å². The standard InChI is InChI=1S/C31H32ClF2N5O2/c1-31-9-8-18(37-31)14-39(16-31)29-22-13-24(33)26(21-12-20(40)11-17-5-3-7-23(32)25(17)21)27(34)28(22)35-30(36-29)41-15-19-6-4-10-38(19)2/h3,5,7,11-13,18-19,37,40H,4,6,8-10,14-16H2,1-2H3/t18-,19+,31+/m1/s1. The van der Waals surface area contributed by atoms with Crippen molar-refractivity contribution in [2.75, 3.05) is 38.2 Å². The van der Waals surface area contributed by atoms with Gasteiger partial charge in [0, 0.05) is 52.1 Å². The van der Waals surface area contributed by atoms with Gasteiger partial charge in [-0.15, -0.1) is 0 Å². The number of likely N-dealkylation sites (N-methyl/N-ethyl adjacent to an activating group) is 1. The third-order valence-electron chi connectivity index (χ3n) is 8.98. The minimum absolute atomic E-state index is 0.0271. The van der Waals surface area contributed by atoms with Gasteiger partial charge in [-0.2, -0.15) is 9.97 Å². The van der Waals surface area contributed by atoms with Crippen molar-refractivity contribution in [3.63, 3.8) is 0 Å². The maximum absolute atomic E-state index is 16.6. The Labute approximate surface area is 242 Å². The van der Waals surface area contributed by atoms with E-state index >= 15 is 8.78 Å². The molecule has 3 aliphatic rings. The van der Waals surface area contributed by atoms with Crippen LogP contribution in [0.3, 0.4) is 0 Å². The Balaban J connectivity index is 1.41. The van der Waals surface area contributed by atoms with Crippen molar-refractivity contribution in [3.05, 3.63) is 53.1 Å². The van der Waals surface area contributed by atoms with Gasteiger partial charge in [0.1, 0.15) is 29.5 Å². The van der Waals surface area contributed by atoms with Gasteiger partial charge in [-0.3, -0.25) is 0 Å². The zero-order valence-corrected chi connectivity index (χ0v) is 23.8. The summed E-state index contributed by atoms with van der Waals surface area (Å²) >= 11 is 6.51. The highest BCUT2D eigenvalue weighted by molar-refractivity contribution is 6.36. The molecule has 4 aromatic rings. The SMILES string of the molecule is CN1CCC[C@H]1COc1nc(N2C[C@H]3CC[C@@](C)(C2)N3)c2cc(F)c(-c3cc(O)cc4cccc(Cl)c34)c(F)c2n1. The van der Waals surface area contributed by atoms with E-state index in [0.29, 0.717) is 41.3 Å². The zero-order valence-electron chi connectivity index (χ0n) is 23.1. The Bertz CT molecular complexity index is 1690. The molecule has 7 rings (SSSR count). The summed E-state index contributed by atoms with van der Waals surface area (Å²) in [5.74, 6) is -1.28. The lowest BCUT2D eigenvalue weighted by Crippen LogP contribution is -2.58. The average molecular weight is 580 g/mol. The van der Waals surface area contributed by atoms with E-state index in [1.165, 1.54) is 18.2 Å². The smallest absolute Gasteiger partial charge is 0.319 e. The Morgan fingerprint density at radius 3 is 2.83 bits per heavy atom. The number of rotatable bonds is 5. The van der Waals surface area contributed by atoms with Gasteiger partial charge in [0.25, 0.3) is 0 Å². The Morgan fingerprint density at radius 2 is 2.05 bits per heavy atom. The molecule has 0 radical (unpaired) electrons. The van der Waals surface area contributed by atoms with Crippen LogP contribution in [0, 0.1) is 11.6 Å². The third kappa shape index (κ3) is 4.64.